The van der Waals surface area contributed by atoms with Gasteiger partial charge in [0.1, 0.15) is 0 Å². The Morgan fingerprint density at radius 3 is 2.09 bits per heavy atom. The average Bonchev–Trinajstić information content (AvgIpc) is 1.99. The highest BCUT2D eigenvalue weighted by molar-refractivity contribution is 14.1. The predicted octanol–water partition coefficient (Wildman–Crippen LogP) is 3.09. The Balaban J connectivity index is 3.21. The summed E-state index contributed by atoms with van der Waals surface area (Å²) < 4.78 is 0.822. The Kier molecular flexibility index (Phi) is 3.43. The van der Waals surface area contributed by atoms with E-state index in [1.165, 1.54) is 0 Å². The van der Waals surface area contributed by atoms with Crippen LogP contribution in [0.5, 0.6) is 0 Å². The second-order valence-corrected chi connectivity index (χ2v) is 3.92. The Morgan fingerprint density at radius 2 is 1.73 bits per heavy atom. The van der Waals surface area contributed by atoms with Crippen molar-refractivity contribution in [2.45, 2.75) is 6.61 Å². The highest BCUT2D eigenvalue weighted by Gasteiger charge is 2.03. The maximum Gasteiger partial charge on any atom is 0.0682 e. The zero-order chi connectivity index (χ0) is 8.43. The summed E-state index contributed by atoms with van der Waals surface area (Å²) in [6.45, 7) is -0.0314. The van der Waals surface area contributed by atoms with Gasteiger partial charge in [-0.25, -0.2) is 0 Å². The Morgan fingerprint density at radius 1 is 1.27 bits per heavy atom. The van der Waals surface area contributed by atoms with Gasteiger partial charge in [0.2, 0.25) is 0 Å². The summed E-state index contributed by atoms with van der Waals surface area (Å²) >= 11 is 13.6. The van der Waals surface area contributed by atoms with E-state index in [-0.39, 0.29) is 6.61 Å². The topological polar surface area (TPSA) is 20.2 Å². The SMILES string of the molecule is OCc1cc(Cl)c(I)c(Cl)c1. The van der Waals surface area contributed by atoms with Crippen molar-refractivity contribution in [2.75, 3.05) is 0 Å². The molecule has 0 saturated heterocycles. The van der Waals surface area contributed by atoms with Crippen molar-refractivity contribution < 1.29 is 5.11 Å². The number of hydrogen-bond donors (Lipinski definition) is 1. The van der Waals surface area contributed by atoms with Crippen molar-refractivity contribution >= 4 is 45.8 Å². The summed E-state index contributed by atoms with van der Waals surface area (Å²) in [5, 5.41) is 9.93. The van der Waals surface area contributed by atoms with Gasteiger partial charge in [-0.1, -0.05) is 23.2 Å². The van der Waals surface area contributed by atoms with E-state index in [0.29, 0.717) is 10.0 Å². The highest BCUT2D eigenvalue weighted by atomic mass is 127. The molecule has 0 unspecified atom stereocenters. The van der Waals surface area contributed by atoms with Crippen molar-refractivity contribution in [3.05, 3.63) is 31.3 Å². The van der Waals surface area contributed by atoms with Gasteiger partial charge >= 0.3 is 0 Å². The summed E-state index contributed by atoms with van der Waals surface area (Å²) in [6.07, 6.45) is 0. The third kappa shape index (κ3) is 2.21. The highest BCUT2D eigenvalue weighted by Crippen LogP contribution is 2.27. The lowest BCUT2D eigenvalue weighted by Crippen LogP contribution is -1.85. The van der Waals surface area contributed by atoms with Crippen LogP contribution >= 0.6 is 45.8 Å². The molecule has 1 nitrogen and oxygen atoms in total. The number of halogens is 3. The standard InChI is InChI=1S/C7H5Cl2IO/c8-5-1-4(3-11)2-6(9)7(5)10/h1-2,11H,3H2. The molecule has 0 radical (unpaired) electrons. The van der Waals surface area contributed by atoms with Gasteiger partial charge in [-0.05, 0) is 40.3 Å². The third-order valence-corrected chi connectivity index (χ3v) is 3.62. The van der Waals surface area contributed by atoms with Crippen molar-refractivity contribution in [3.8, 4) is 0 Å². The van der Waals surface area contributed by atoms with E-state index in [9.17, 15) is 0 Å². The molecule has 11 heavy (non-hydrogen) atoms. The van der Waals surface area contributed by atoms with E-state index in [4.69, 9.17) is 28.3 Å². The number of rotatable bonds is 1. The molecule has 0 aliphatic rings. The van der Waals surface area contributed by atoms with Crippen LogP contribution in [0.1, 0.15) is 5.56 Å². The van der Waals surface area contributed by atoms with Crippen molar-refractivity contribution in [1.29, 1.82) is 0 Å². The first-order chi connectivity index (χ1) is 5.15. The summed E-state index contributed by atoms with van der Waals surface area (Å²) in [4.78, 5) is 0. The summed E-state index contributed by atoms with van der Waals surface area (Å²) in [7, 11) is 0. The first-order valence-electron chi connectivity index (χ1n) is 2.89. The van der Waals surface area contributed by atoms with Crippen molar-refractivity contribution in [2.24, 2.45) is 0 Å². The lowest BCUT2D eigenvalue weighted by atomic mass is 10.2. The predicted molar refractivity (Wildman–Crippen MR) is 55.1 cm³/mol. The monoisotopic (exact) mass is 302 g/mol. The molecule has 0 fully saturated rings. The molecule has 4 heteroatoms. The van der Waals surface area contributed by atoms with Gasteiger partial charge in [-0.3, -0.25) is 0 Å². The van der Waals surface area contributed by atoms with Gasteiger partial charge in [0.05, 0.1) is 20.2 Å². The van der Waals surface area contributed by atoms with Crippen LogP contribution in [0.15, 0.2) is 12.1 Å². The fourth-order valence-corrected chi connectivity index (χ4v) is 1.54. The molecule has 0 atom stereocenters. The molecule has 0 aromatic heterocycles. The van der Waals surface area contributed by atoms with Crippen molar-refractivity contribution in [1.82, 2.24) is 0 Å². The van der Waals surface area contributed by atoms with E-state index in [2.05, 4.69) is 22.6 Å². The number of aliphatic hydroxyl groups is 1. The van der Waals surface area contributed by atoms with Gasteiger partial charge in [0.15, 0.2) is 0 Å². The van der Waals surface area contributed by atoms with E-state index >= 15 is 0 Å². The molecule has 0 amide bonds. The van der Waals surface area contributed by atoms with Gasteiger partial charge in [0, 0.05) is 0 Å². The zero-order valence-electron chi connectivity index (χ0n) is 5.44. The summed E-state index contributed by atoms with van der Waals surface area (Å²) in [5.41, 5.74) is 0.736. The molecule has 1 aromatic rings. The maximum atomic E-state index is 8.76. The molecule has 1 N–H and O–H groups in total. The van der Waals surface area contributed by atoms with Crippen LogP contribution < -0.4 is 0 Å². The minimum absolute atomic E-state index is 0.0314. The molecule has 0 heterocycles. The summed E-state index contributed by atoms with van der Waals surface area (Å²) in [5.74, 6) is 0. The van der Waals surface area contributed by atoms with Gasteiger partial charge in [0.25, 0.3) is 0 Å². The fourth-order valence-electron chi connectivity index (χ4n) is 0.699. The second kappa shape index (κ2) is 3.94. The smallest absolute Gasteiger partial charge is 0.0682 e. The van der Waals surface area contributed by atoms with Gasteiger partial charge < -0.3 is 5.11 Å². The Bertz CT molecular complexity index is 252. The molecule has 0 spiro atoms. The van der Waals surface area contributed by atoms with E-state index < -0.39 is 0 Å². The minimum atomic E-state index is -0.0314. The molecular weight excluding hydrogens is 298 g/mol. The fraction of sp³-hybridized carbons (Fsp3) is 0.143. The largest absolute Gasteiger partial charge is 0.392 e. The van der Waals surface area contributed by atoms with E-state index in [1.54, 1.807) is 12.1 Å². The van der Waals surface area contributed by atoms with Crippen LogP contribution in [0.3, 0.4) is 0 Å². The lowest BCUT2D eigenvalue weighted by molar-refractivity contribution is 0.282. The molecule has 60 valence electrons. The van der Waals surface area contributed by atoms with Crippen LogP contribution in [-0.2, 0) is 6.61 Å². The van der Waals surface area contributed by atoms with Gasteiger partial charge in [-0.2, -0.15) is 0 Å². The third-order valence-electron chi connectivity index (χ3n) is 1.23. The minimum Gasteiger partial charge on any atom is -0.392 e. The zero-order valence-corrected chi connectivity index (χ0v) is 9.11. The quantitative estimate of drug-likeness (QED) is 0.624. The Labute approximate surface area is 88.5 Å². The van der Waals surface area contributed by atoms with Crippen LogP contribution in [0, 0.1) is 3.57 Å². The molecular formula is C7H5Cl2IO. The molecule has 0 aliphatic heterocycles. The van der Waals surface area contributed by atoms with E-state index in [0.717, 1.165) is 9.13 Å². The first kappa shape index (κ1) is 9.58. The molecule has 0 aliphatic carbocycles. The Hall–Kier alpha value is 0.490. The average molecular weight is 303 g/mol. The first-order valence-corrected chi connectivity index (χ1v) is 4.73. The number of aliphatic hydroxyl groups excluding tert-OH is 1. The normalized spacial score (nSPS) is 10.2. The van der Waals surface area contributed by atoms with Crippen molar-refractivity contribution in [3.63, 3.8) is 0 Å². The van der Waals surface area contributed by atoms with Crippen LogP contribution in [0.2, 0.25) is 10.0 Å². The molecule has 0 saturated carbocycles. The van der Waals surface area contributed by atoms with Crippen LogP contribution in [0.25, 0.3) is 0 Å². The number of hydrogen-bond acceptors (Lipinski definition) is 1. The number of benzene rings is 1. The van der Waals surface area contributed by atoms with Crippen LogP contribution in [-0.4, -0.2) is 5.11 Å². The molecule has 1 aromatic carbocycles. The second-order valence-electron chi connectivity index (χ2n) is 2.03. The maximum absolute atomic E-state index is 8.76. The molecule has 1 rings (SSSR count). The van der Waals surface area contributed by atoms with Gasteiger partial charge in [-0.15, -0.1) is 0 Å². The summed E-state index contributed by atoms with van der Waals surface area (Å²) in [6, 6.07) is 3.41. The van der Waals surface area contributed by atoms with Crippen LogP contribution in [0.4, 0.5) is 0 Å². The van der Waals surface area contributed by atoms with E-state index in [1.807, 2.05) is 0 Å². The molecule has 0 bridgehead atoms. The lowest BCUT2D eigenvalue weighted by Gasteiger charge is -2.01.